The van der Waals surface area contributed by atoms with Gasteiger partial charge in [-0.1, -0.05) is 18.2 Å². The average Bonchev–Trinajstić information content (AvgIpc) is 3.41. The van der Waals surface area contributed by atoms with Crippen LogP contribution in [0, 0.1) is 0 Å². The number of anilines is 2. The number of aromatic nitrogens is 5. The van der Waals surface area contributed by atoms with Crippen molar-refractivity contribution in [1.29, 1.82) is 0 Å². The fraction of sp³-hybridized carbons (Fsp3) is 0.130. The molecule has 0 aliphatic carbocycles. The van der Waals surface area contributed by atoms with Crippen molar-refractivity contribution in [2.45, 2.75) is 0 Å². The Balaban J connectivity index is 1.39. The molecule has 170 valence electrons. The third kappa shape index (κ3) is 3.68. The molecular formula is C23H20N8O3. The van der Waals surface area contributed by atoms with E-state index in [2.05, 4.69) is 15.1 Å². The zero-order valence-corrected chi connectivity index (χ0v) is 18.2. The van der Waals surface area contributed by atoms with Gasteiger partial charge in [-0.15, -0.1) is 0 Å². The minimum Gasteiger partial charge on any atom is -0.366 e. The van der Waals surface area contributed by atoms with Gasteiger partial charge in [-0.3, -0.25) is 14.6 Å². The molecule has 3 amide bonds. The van der Waals surface area contributed by atoms with Crippen LogP contribution in [-0.4, -0.2) is 49.3 Å². The van der Waals surface area contributed by atoms with Crippen LogP contribution in [0.3, 0.4) is 0 Å². The van der Waals surface area contributed by atoms with Crippen LogP contribution < -0.4 is 21.2 Å². The first-order valence-corrected chi connectivity index (χ1v) is 10.5. The number of primary amides is 1. The average molecular weight is 456 g/mol. The molecule has 2 aromatic carbocycles. The van der Waals surface area contributed by atoms with Gasteiger partial charge < -0.3 is 5.73 Å². The second-order valence-electron chi connectivity index (χ2n) is 7.70. The molecule has 11 heteroatoms. The Hall–Kier alpha value is -4.80. The number of urea groups is 1. The van der Waals surface area contributed by atoms with E-state index in [0.29, 0.717) is 35.7 Å². The van der Waals surface area contributed by atoms with Crippen molar-refractivity contribution >= 4 is 23.6 Å². The highest BCUT2D eigenvalue weighted by Crippen LogP contribution is 2.26. The van der Waals surface area contributed by atoms with Crippen LogP contribution in [0.15, 0.2) is 71.9 Å². The van der Waals surface area contributed by atoms with Crippen LogP contribution in [-0.2, 0) is 7.05 Å². The topological polar surface area (TPSA) is 132 Å². The number of hydrogen-bond donors (Lipinski definition) is 1. The van der Waals surface area contributed by atoms with E-state index in [0.717, 1.165) is 5.56 Å². The molecular weight excluding hydrogens is 436 g/mol. The normalized spacial score (nSPS) is 13.5. The molecule has 0 atom stereocenters. The van der Waals surface area contributed by atoms with Gasteiger partial charge in [0.2, 0.25) is 11.9 Å². The van der Waals surface area contributed by atoms with E-state index in [9.17, 15) is 14.4 Å². The molecule has 2 N–H and O–H groups in total. The maximum atomic E-state index is 13.1. The van der Waals surface area contributed by atoms with Crippen molar-refractivity contribution in [3.63, 3.8) is 0 Å². The van der Waals surface area contributed by atoms with E-state index in [1.165, 1.54) is 20.5 Å². The first-order chi connectivity index (χ1) is 16.4. The number of nitrogens with zero attached hydrogens (tertiary/aromatic N) is 7. The molecule has 1 aliphatic rings. The van der Waals surface area contributed by atoms with Crippen LogP contribution in [0.25, 0.3) is 16.9 Å². The number of rotatable bonds is 5. The SMILES string of the molecule is Cn1ncn(-c2ccc(-c3ccnc(N4CCN(c5cccc(C(N)=O)c5)C4=O)n3)cc2)c1=O. The molecule has 1 saturated heterocycles. The van der Waals surface area contributed by atoms with E-state index in [4.69, 9.17) is 5.73 Å². The Morgan fingerprint density at radius 3 is 2.44 bits per heavy atom. The highest BCUT2D eigenvalue weighted by molar-refractivity contribution is 6.06. The summed E-state index contributed by atoms with van der Waals surface area (Å²) in [5, 5.41) is 3.96. The first-order valence-electron chi connectivity index (χ1n) is 10.5. The van der Waals surface area contributed by atoms with Crippen LogP contribution in [0.4, 0.5) is 16.4 Å². The molecule has 0 radical (unpaired) electrons. The summed E-state index contributed by atoms with van der Waals surface area (Å²) in [4.78, 5) is 48.6. The Morgan fingerprint density at radius 2 is 1.74 bits per heavy atom. The van der Waals surface area contributed by atoms with Crippen LogP contribution in [0.2, 0.25) is 0 Å². The summed E-state index contributed by atoms with van der Waals surface area (Å²) in [6.45, 7) is 0.815. The maximum absolute atomic E-state index is 13.1. The summed E-state index contributed by atoms with van der Waals surface area (Å²) in [6.07, 6.45) is 3.06. The fourth-order valence-electron chi connectivity index (χ4n) is 3.78. The standard InChI is InChI=1S/C23H20N8O3/c1-28-22(33)31(14-26-28)17-7-5-15(6-8-17)19-9-10-25-21(27-19)30-12-11-29(23(30)34)18-4-2-3-16(13-18)20(24)32/h2-10,13-14H,11-12H2,1H3,(H2,24,32). The van der Waals surface area contributed by atoms with Crippen LogP contribution in [0.1, 0.15) is 10.4 Å². The highest BCUT2D eigenvalue weighted by Gasteiger charge is 2.32. The van der Waals surface area contributed by atoms with E-state index in [-0.39, 0.29) is 17.7 Å². The number of nitrogens with two attached hydrogens (primary N) is 1. The van der Waals surface area contributed by atoms with Gasteiger partial charge in [0.1, 0.15) is 6.33 Å². The van der Waals surface area contributed by atoms with Crippen LogP contribution >= 0.6 is 0 Å². The Bertz CT molecular complexity index is 1460. The monoisotopic (exact) mass is 456 g/mol. The van der Waals surface area contributed by atoms with Gasteiger partial charge in [0, 0.05) is 43.1 Å². The van der Waals surface area contributed by atoms with E-state index in [1.807, 2.05) is 12.1 Å². The molecule has 5 rings (SSSR count). The predicted molar refractivity (Wildman–Crippen MR) is 125 cm³/mol. The third-order valence-corrected chi connectivity index (χ3v) is 5.60. The number of aryl methyl sites for hydroxylation is 1. The van der Waals surface area contributed by atoms with Gasteiger partial charge in [-0.2, -0.15) is 5.10 Å². The van der Waals surface area contributed by atoms with Gasteiger partial charge in [0.05, 0.1) is 11.4 Å². The van der Waals surface area contributed by atoms with Gasteiger partial charge >= 0.3 is 11.7 Å². The molecule has 1 aliphatic heterocycles. The quantitative estimate of drug-likeness (QED) is 0.485. The third-order valence-electron chi connectivity index (χ3n) is 5.60. The second kappa shape index (κ2) is 8.28. The number of carbonyl (C=O) groups excluding carboxylic acids is 2. The Kier molecular flexibility index (Phi) is 5.13. The summed E-state index contributed by atoms with van der Waals surface area (Å²) in [5.74, 6) is -0.274. The minimum atomic E-state index is -0.555. The predicted octanol–water partition coefficient (Wildman–Crippen LogP) is 1.57. The van der Waals surface area contributed by atoms with Gasteiger partial charge in [-0.25, -0.2) is 28.8 Å². The summed E-state index contributed by atoms with van der Waals surface area (Å²) in [6, 6.07) is 15.4. The number of benzene rings is 2. The van der Waals surface area contributed by atoms with Gasteiger partial charge in [-0.05, 0) is 36.4 Å². The summed E-state index contributed by atoms with van der Waals surface area (Å²) in [7, 11) is 1.59. The summed E-state index contributed by atoms with van der Waals surface area (Å²) < 4.78 is 2.70. The lowest BCUT2D eigenvalue weighted by atomic mass is 10.1. The molecule has 1 fully saturated rings. The molecule has 4 aromatic rings. The molecule has 3 heterocycles. The van der Waals surface area contributed by atoms with Crippen molar-refractivity contribution in [3.8, 4) is 16.9 Å². The summed E-state index contributed by atoms with van der Waals surface area (Å²) in [5.41, 5.74) is 8.16. The second-order valence-corrected chi connectivity index (χ2v) is 7.70. The highest BCUT2D eigenvalue weighted by atomic mass is 16.2. The van der Waals surface area contributed by atoms with Crippen LogP contribution in [0.5, 0.6) is 0 Å². The number of carbonyl (C=O) groups is 2. The van der Waals surface area contributed by atoms with Crippen molar-refractivity contribution in [3.05, 3.63) is 83.2 Å². The largest absolute Gasteiger partial charge is 0.366 e. The lowest BCUT2D eigenvalue weighted by Crippen LogP contribution is -2.33. The van der Waals surface area contributed by atoms with Crippen molar-refractivity contribution in [1.82, 2.24) is 24.3 Å². The lowest BCUT2D eigenvalue weighted by molar-refractivity contribution is 0.1000. The molecule has 0 spiro atoms. The Labute approximate surface area is 193 Å². The fourth-order valence-corrected chi connectivity index (χ4v) is 3.78. The molecule has 0 saturated carbocycles. The molecule has 2 aromatic heterocycles. The zero-order chi connectivity index (χ0) is 23.8. The van der Waals surface area contributed by atoms with Crippen molar-refractivity contribution < 1.29 is 9.59 Å². The number of hydrogen-bond acceptors (Lipinski definition) is 6. The molecule has 0 bridgehead atoms. The smallest absolute Gasteiger partial charge is 0.350 e. The minimum absolute atomic E-state index is 0.240. The summed E-state index contributed by atoms with van der Waals surface area (Å²) >= 11 is 0. The maximum Gasteiger partial charge on any atom is 0.350 e. The first kappa shape index (κ1) is 21.1. The van der Waals surface area contributed by atoms with Crippen molar-refractivity contribution in [2.24, 2.45) is 12.8 Å². The molecule has 11 nitrogen and oxygen atoms in total. The lowest BCUT2D eigenvalue weighted by Gasteiger charge is -2.18. The molecule has 34 heavy (non-hydrogen) atoms. The Morgan fingerprint density at radius 1 is 0.971 bits per heavy atom. The van der Waals surface area contributed by atoms with Gasteiger partial charge in [0.15, 0.2) is 0 Å². The van der Waals surface area contributed by atoms with E-state index in [1.54, 1.807) is 60.6 Å². The zero-order valence-electron chi connectivity index (χ0n) is 18.2. The molecule has 0 unspecified atom stereocenters. The van der Waals surface area contributed by atoms with Crippen molar-refractivity contribution in [2.75, 3.05) is 22.9 Å². The van der Waals surface area contributed by atoms with E-state index >= 15 is 0 Å². The van der Waals surface area contributed by atoms with Gasteiger partial charge in [0.25, 0.3) is 0 Å². The number of amides is 3. The van der Waals surface area contributed by atoms with E-state index < -0.39 is 5.91 Å².